The maximum Gasteiger partial charge on any atom is 0.504 e. The number of fused-ring (bicyclic) bond motifs is 1. The number of para-hydroxylation sites is 1. The maximum absolute atomic E-state index is 12.2. The van der Waals surface area contributed by atoms with Crippen molar-refractivity contribution in [3.63, 3.8) is 0 Å². The highest BCUT2D eigenvalue weighted by molar-refractivity contribution is 7.94. The van der Waals surface area contributed by atoms with Crippen LogP contribution >= 0.6 is 11.3 Å². The molecule has 0 amide bonds. The molecule has 0 aliphatic heterocycles. The molecule has 0 aliphatic rings. The maximum atomic E-state index is 12.2. The van der Waals surface area contributed by atoms with Gasteiger partial charge in [0.05, 0.1) is 10.2 Å². The number of benzene rings is 1. The van der Waals surface area contributed by atoms with Crippen molar-refractivity contribution in [3.8, 4) is 0 Å². The zero-order chi connectivity index (χ0) is 12.0. The van der Waals surface area contributed by atoms with E-state index in [4.69, 9.17) is 0 Å². The molecule has 0 radical (unpaired) electrons. The van der Waals surface area contributed by atoms with Gasteiger partial charge < -0.3 is 0 Å². The van der Waals surface area contributed by atoms with Gasteiger partial charge in [0.2, 0.25) is 4.34 Å². The van der Waals surface area contributed by atoms with Gasteiger partial charge in [-0.2, -0.15) is 13.2 Å². The Morgan fingerprint density at radius 1 is 1.19 bits per heavy atom. The first-order chi connectivity index (χ1) is 7.32. The smallest absolute Gasteiger partial charge is 0.225 e. The SMILES string of the molecule is O=S(=O)(c1nc2ccccc2s1)C(F)(F)F. The average Bonchev–Trinajstić information content (AvgIpc) is 2.59. The zero-order valence-corrected chi connectivity index (χ0v) is 9.16. The number of hydrogen-bond acceptors (Lipinski definition) is 4. The minimum atomic E-state index is -5.33. The van der Waals surface area contributed by atoms with Crippen LogP contribution in [0.25, 0.3) is 10.2 Å². The fourth-order valence-corrected chi connectivity index (χ4v) is 3.17. The van der Waals surface area contributed by atoms with E-state index in [9.17, 15) is 21.6 Å². The molecule has 8 heteroatoms. The second kappa shape index (κ2) is 3.42. The van der Waals surface area contributed by atoms with E-state index in [1.807, 2.05) is 0 Å². The van der Waals surface area contributed by atoms with Crippen molar-refractivity contribution in [1.82, 2.24) is 4.98 Å². The predicted molar refractivity (Wildman–Crippen MR) is 52.9 cm³/mol. The molecule has 0 bridgehead atoms. The van der Waals surface area contributed by atoms with Gasteiger partial charge >= 0.3 is 15.3 Å². The number of thiazole rings is 1. The molecule has 0 atom stereocenters. The Balaban J connectivity index is 2.66. The van der Waals surface area contributed by atoms with Crippen molar-refractivity contribution in [3.05, 3.63) is 24.3 Å². The van der Waals surface area contributed by atoms with Gasteiger partial charge in [0.15, 0.2) is 0 Å². The lowest BCUT2D eigenvalue weighted by atomic mass is 10.3. The lowest BCUT2D eigenvalue weighted by Crippen LogP contribution is -2.22. The number of aromatic nitrogens is 1. The van der Waals surface area contributed by atoms with Gasteiger partial charge in [-0.25, -0.2) is 13.4 Å². The first-order valence-corrected chi connectivity index (χ1v) is 6.29. The quantitative estimate of drug-likeness (QED) is 0.797. The molecule has 1 aromatic carbocycles. The van der Waals surface area contributed by atoms with Crippen LogP contribution in [0.3, 0.4) is 0 Å². The van der Waals surface area contributed by atoms with Gasteiger partial charge in [0.1, 0.15) is 0 Å². The summed E-state index contributed by atoms with van der Waals surface area (Å²) < 4.78 is 58.3. The van der Waals surface area contributed by atoms with Crippen LogP contribution in [0.2, 0.25) is 0 Å². The number of halogens is 3. The first-order valence-electron chi connectivity index (χ1n) is 3.99. The highest BCUT2D eigenvalue weighted by atomic mass is 32.2. The number of rotatable bonds is 1. The van der Waals surface area contributed by atoms with Crippen molar-refractivity contribution >= 4 is 31.4 Å². The summed E-state index contributed by atoms with van der Waals surface area (Å²) in [6, 6.07) is 6.15. The van der Waals surface area contributed by atoms with Crippen LogP contribution < -0.4 is 0 Å². The molecule has 3 nitrogen and oxygen atoms in total. The number of alkyl halides is 3. The Bertz CT molecular complexity index is 597. The van der Waals surface area contributed by atoms with Crippen LogP contribution in [0.5, 0.6) is 0 Å². The van der Waals surface area contributed by atoms with Gasteiger partial charge in [-0.1, -0.05) is 12.1 Å². The summed E-state index contributed by atoms with van der Waals surface area (Å²) in [6.07, 6.45) is 0. The van der Waals surface area contributed by atoms with Crippen LogP contribution in [-0.2, 0) is 9.84 Å². The van der Waals surface area contributed by atoms with Crippen molar-refractivity contribution in [2.75, 3.05) is 0 Å². The van der Waals surface area contributed by atoms with E-state index in [1.54, 1.807) is 12.1 Å². The average molecular weight is 267 g/mol. The van der Waals surface area contributed by atoms with Gasteiger partial charge in [0, 0.05) is 0 Å². The van der Waals surface area contributed by atoms with Gasteiger partial charge in [-0.05, 0) is 12.1 Å². The van der Waals surface area contributed by atoms with E-state index in [1.165, 1.54) is 12.1 Å². The Morgan fingerprint density at radius 2 is 1.81 bits per heavy atom. The van der Waals surface area contributed by atoms with E-state index in [2.05, 4.69) is 4.98 Å². The molecule has 0 fully saturated rings. The van der Waals surface area contributed by atoms with Crippen molar-refractivity contribution in [2.24, 2.45) is 0 Å². The van der Waals surface area contributed by atoms with Crippen LogP contribution in [0.1, 0.15) is 0 Å². The Labute approximate surface area is 92.5 Å². The van der Waals surface area contributed by atoms with Crippen LogP contribution in [0.15, 0.2) is 28.6 Å². The van der Waals surface area contributed by atoms with Crippen LogP contribution in [-0.4, -0.2) is 18.9 Å². The van der Waals surface area contributed by atoms with E-state index in [0.29, 0.717) is 16.0 Å². The monoisotopic (exact) mass is 267 g/mol. The normalized spacial score (nSPS) is 13.2. The van der Waals surface area contributed by atoms with E-state index >= 15 is 0 Å². The van der Waals surface area contributed by atoms with E-state index in [-0.39, 0.29) is 5.52 Å². The molecule has 1 heterocycles. The molecule has 0 unspecified atom stereocenters. The summed E-state index contributed by atoms with van der Waals surface area (Å²) in [5.41, 5.74) is -5.06. The third-order valence-electron chi connectivity index (χ3n) is 1.81. The van der Waals surface area contributed by atoms with E-state index in [0.717, 1.165) is 0 Å². The molecule has 1 aromatic heterocycles. The van der Waals surface area contributed by atoms with Gasteiger partial charge in [0.25, 0.3) is 0 Å². The van der Waals surface area contributed by atoms with Crippen LogP contribution in [0, 0.1) is 0 Å². The molecule has 16 heavy (non-hydrogen) atoms. The third kappa shape index (κ3) is 1.67. The molecule has 0 N–H and O–H groups in total. The minimum Gasteiger partial charge on any atom is -0.225 e. The van der Waals surface area contributed by atoms with Crippen molar-refractivity contribution in [2.45, 2.75) is 9.85 Å². The largest absolute Gasteiger partial charge is 0.504 e. The first kappa shape index (κ1) is 11.3. The van der Waals surface area contributed by atoms with Gasteiger partial charge in [-0.3, -0.25) is 0 Å². The van der Waals surface area contributed by atoms with Crippen molar-refractivity contribution in [1.29, 1.82) is 0 Å². The Kier molecular flexibility index (Phi) is 2.43. The summed E-state index contributed by atoms with van der Waals surface area (Å²) in [4.78, 5) is 3.46. The van der Waals surface area contributed by atoms with Crippen molar-refractivity contribution < 1.29 is 21.6 Å². The Hall–Kier alpha value is -1.15. The van der Waals surface area contributed by atoms with Gasteiger partial charge in [-0.15, -0.1) is 11.3 Å². The molecule has 2 rings (SSSR count). The lowest BCUT2D eigenvalue weighted by molar-refractivity contribution is -0.0435. The van der Waals surface area contributed by atoms with E-state index < -0.39 is 19.7 Å². The topological polar surface area (TPSA) is 47.0 Å². The molecular formula is C8H4F3NO2S2. The summed E-state index contributed by atoms with van der Waals surface area (Å²) in [5.74, 6) is 0. The fraction of sp³-hybridized carbons (Fsp3) is 0.125. The lowest BCUT2D eigenvalue weighted by Gasteiger charge is -2.03. The molecule has 0 aliphatic carbocycles. The second-order valence-electron chi connectivity index (χ2n) is 2.90. The predicted octanol–water partition coefficient (Wildman–Crippen LogP) is 2.59. The minimum absolute atomic E-state index is 0.246. The number of nitrogens with zero attached hydrogens (tertiary/aromatic N) is 1. The second-order valence-corrected chi connectivity index (χ2v) is 6.04. The summed E-state index contributed by atoms with van der Waals surface area (Å²) in [5, 5.41) is 0. The molecule has 0 saturated heterocycles. The third-order valence-corrected chi connectivity index (χ3v) is 4.71. The summed E-state index contributed by atoms with van der Waals surface area (Å²) >= 11 is 0.512. The number of sulfone groups is 1. The molecule has 0 saturated carbocycles. The molecule has 86 valence electrons. The van der Waals surface area contributed by atoms with Crippen LogP contribution in [0.4, 0.5) is 13.2 Å². The molecule has 2 aromatic rings. The zero-order valence-electron chi connectivity index (χ0n) is 7.52. The number of hydrogen-bond donors (Lipinski definition) is 0. The summed E-state index contributed by atoms with van der Waals surface area (Å²) in [6.45, 7) is 0. The standard InChI is InChI=1S/C8H4F3NO2S2/c9-8(10,11)16(13,14)7-12-5-3-1-2-4-6(5)15-7/h1-4H. The summed E-state index contributed by atoms with van der Waals surface area (Å²) in [7, 11) is -5.33. The highest BCUT2D eigenvalue weighted by Gasteiger charge is 2.49. The fourth-order valence-electron chi connectivity index (χ4n) is 1.07. The molecular weight excluding hydrogens is 263 g/mol. The highest BCUT2D eigenvalue weighted by Crippen LogP contribution is 2.34. The molecule has 0 spiro atoms. The Morgan fingerprint density at radius 3 is 2.38 bits per heavy atom.